The Morgan fingerprint density at radius 1 is 0.405 bits per heavy atom. The number of nitrogens with zero attached hydrogens (tertiary/aromatic N) is 3. The molecule has 0 atom stereocenters. The third-order valence-corrected chi connectivity index (χ3v) is 13.6. The average Bonchev–Trinajstić information content (AvgIpc) is 3.53. The van der Waals surface area contributed by atoms with Gasteiger partial charge in [-0.1, -0.05) is 182 Å². The minimum absolute atomic E-state index is 0. The van der Waals surface area contributed by atoms with E-state index < -0.39 is 29.7 Å². The quantitative estimate of drug-likeness (QED) is 0.0170. The molecule has 0 fully saturated rings. The molecular weight excluding hydrogens is 1020 g/mol. The van der Waals surface area contributed by atoms with Crippen molar-refractivity contribution in [2.75, 3.05) is 78.5 Å². The molecule has 0 unspecified atom stereocenters. The van der Waals surface area contributed by atoms with Crippen LogP contribution in [0.3, 0.4) is 0 Å². The topological polar surface area (TPSA) is 149 Å². The zero-order chi connectivity index (χ0) is 57.0. The monoisotopic (exact) mass is 1100 g/mol. The summed E-state index contributed by atoms with van der Waals surface area (Å²) in [5.41, 5.74) is 16.5. The van der Waals surface area contributed by atoms with Gasteiger partial charge in [0.25, 0.3) is 0 Å². The molecule has 0 bridgehead atoms. The molecule has 3 amide bonds. The first kappa shape index (κ1) is 62.9. The SMILES string of the molecule is CC(=O)NCCCN(CCCN(CCCNC(=O)C(F)(F)F)C(c1ccccc1)(c1ccccc1)c1ccccc1)C(=O)C(F)(F)F.NCCCNCCCN(CCCN)C(c1ccccc1)(c1ccccc1)c1ccccc1.[HH].[HH].[HH]. The van der Waals surface area contributed by atoms with Gasteiger partial charge in [-0.25, -0.2) is 0 Å². The molecule has 17 heteroatoms. The van der Waals surface area contributed by atoms with Gasteiger partial charge in [0, 0.05) is 63.6 Å². The van der Waals surface area contributed by atoms with Crippen LogP contribution in [0.15, 0.2) is 182 Å². The third kappa shape index (κ3) is 18.1. The number of amides is 3. The Morgan fingerprint density at radius 3 is 1.05 bits per heavy atom. The van der Waals surface area contributed by atoms with Gasteiger partial charge in [0.05, 0.1) is 11.1 Å². The van der Waals surface area contributed by atoms with Gasteiger partial charge in [0.1, 0.15) is 0 Å². The number of carbonyl (C=O) groups excluding carboxylic acids is 3. The second-order valence-electron chi connectivity index (χ2n) is 19.1. The molecule has 79 heavy (non-hydrogen) atoms. The number of hydrogen-bond acceptors (Lipinski definition) is 8. The van der Waals surface area contributed by atoms with E-state index in [1.54, 1.807) is 0 Å². The van der Waals surface area contributed by atoms with Crippen molar-refractivity contribution in [1.82, 2.24) is 30.7 Å². The maximum Gasteiger partial charge on any atom is 0.471 e. The van der Waals surface area contributed by atoms with Gasteiger partial charge in [-0.05, 0) is 98.1 Å². The Morgan fingerprint density at radius 2 is 0.709 bits per heavy atom. The summed E-state index contributed by atoms with van der Waals surface area (Å²) in [7, 11) is 0. The smallest absolute Gasteiger partial charge is 0.356 e. The van der Waals surface area contributed by atoms with Crippen molar-refractivity contribution in [3.8, 4) is 0 Å². The first-order chi connectivity index (χ1) is 38.1. The maximum absolute atomic E-state index is 13.5. The van der Waals surface area contributed by atoms with Gasteiger partial charge in [-0.2, -0.15) is 26.3 Å². The van der Waals surface area contributed by atoms with Gasteiger partial charge in [-0.15, -0.1) is 0 Å². The highest BCUT2D eigenvalue weighted by molar-refractivity contribution is 5.82. The largest absolute Gasteiger partial charge is 0.471 e. The minimum Gasteiger partial charge on any atom is -0.356 e. The average molecular weight is 1100 g/mol. The van der Waals surface area contributed by atoms with E-state index in [0.717, 1.165) is 68.7 Å². The molecule has 0 aliphatic carbocycles. The molecule has 0 saturated carbocycles. The van der Waals surface area contributed by atoms with Gasteiger partial charge in [0.2, 0.25) is 5.91 Å². The summed E-state index contributed by atoms with van der Waals surface area (Å²) in [5.74, 6) is -4.41. The molecule has 11 nitrogen and oxygen atoms in total. The second-order valence-corrected chi connectivity index (χ2v) is 19.1. The molecule has 7 N–H and O–H groups in total. The van der Waals surface area contributed by atoms with Crippen molar-refractivity contribution in [3.63, 3.8) is 0 Å². The van der Waals surface area contributed by atoms with Crippen molar-refractivity contribution < 1.29 is 45.0 Å². The van der Waals surface area contributed by atoms with Crippen molar-refractivity contribution in [2.24, 2.45) is 11.5 Å². The molecule has 6 aromatic rings. The van der Waals surface area contributed by atoms with Crippen molar-refractivity contribution in [3.05, 3.63) is 215 Å². The minimum atomic E-state index is -5.10. The van der Waals surface area contributed by atoms with Gasteiger partial charge in [0.15, 0.2) is 0 Å². The molecule has 0 radical (unpaired) electrons. The van der Waals surface area contributed by atoms with E-state index in [9.17, 15) is 40.7 Å². The van der Waals surface area contributed by atoms with Crippen molar-refractivity contribution >= 4 is 17.7 Å². The van der Waals surface area contributed by atoms with E-state index >= 15 is 0 Å². The van der Waals surface area contributed by atoms with Crippen LogP contribution in [0.25, 0.3) is 0 Å². The summed E-state index contributed by atoms with van der Waals surface area (Å²) in [6, 6.07) is 60.7. The molecule has 6 rings (SSSR count). The van der Waals surface area contributed by atoms with Crippen LogP contribution in [0.1, 0.15) is 83.1 Å². The Bertz CT molecular complexity index is 2480. The Labute approximate surface area is 466 Å². The molecular formula is C62H82F6N8O3. The van der Waals surface area contributed by atoms with Crippen LogP contribution in [0.2, 0.25) is 0 Å². The fourth-order valence-electron chi connectivity index (χ4n) is 10.1. The van der Waals surface area contributed by atoms with E-state index in [0.29, 0.717) is 11.4 Å². The molecule has 0 aliphatic rings. The summed E-state index contributed by atoms with van der Waals surface area (Å²) in [5, 5.41) is 7.94. The number of alkyl halides is 6. The van der Waals surface area contributed by atoms with Crippen molar-refractivity contribution in [2.45, 2.75) is 68.9 Å². The fourth-order valence-corrected chi connectivity index (χ4v) is 10.1. The van der Waals surface area contributed by atoms with E-state index in [1.807, 2.05) is 101 Å². The number of benzene rings is 6. The number of hydrogen-bond donors (Lipinski definition) is 5. The van der Waals surface area contributed by atoms with Crippen LogP contribution in [0, 0.1) is 0 Å². The van der Waals surface area contributed by atoms with Crippen LogP contribution in [-0.4, -0.2) is 123 Å². The summed E-state index contributed by atoms with van der Waals surface area (Å²) in [6.07, 6.45) is -6.87. The van der Waals surface area contributed by atoms with E-state index in [-0.39, 0.29) is 74.3 Å². The molecule has 0 aromatic heterocycles. The Hall–Kier alpha value is -6.89. The number of rotatable bonds is 30. The number of halogens is 6. The van der Waals surface area contributed by atoms with Crippen LogP contribution < -0.4 is 27.4 Å². The summed E-state index contributed by atoms with van der Waals surface area (Å²) >= 11 is 0. The Balaban J connectivity index is 0.000000575. The lowest BCUT2D eigenvalue weighted by atomic mass is 9.75. The molecule has 0 saturated heterocycles. The molecule has 0 spiro atoms. The first-order valence-corrected chi connectivity index (χ1v) is 27.0. The van der Waals surface area contributed by atoms with Crippen LogP contribution in [-0.2, 0) is 25.5 Å². The Kier molecular flexibility index (Phi) is 25.7. The predicted molar refractivity (Wildman–Crippen MR) is 307 cm³/mol. The van der Waals surface area contributed by atoms with E-state index in [4.69, 9.17) is 11.5 Å². The van der Waals surface area contributed by atoms with Crippen molar-refractivity contribution in [1.29, 1.82) is 0 Å². The summed E-state index contributed by atoms with van der Waals surface area (Å²) in [4.78, 5) is 40.4. The van der Waals surface area contributed by atoms with Gasteiger partial charge < -0.3 is 32.3 Å². The van der Waals surface area contributed by atoms with Crippen LogP contribution in [0.4, 0.5) is 26.3 Å². The second kappa shape index (κ2) is 32.2. The highest BCUT2D eigenvalue weighted by atomic mass is 19.4. The third-order valence-electron chi connectivity index (χ3n) is 13.6. The summed E-state index contributed by atoms with van der Waals surface area (Å²) < 4.78 is 79.3. The fraction of sp³-hybridized carbons (Fsp3) is 0.371. The maximum atomic E-state index is 13.5. The molecule has 0 aliphatic heterocycles. The normalized spacial score (nSPS) is 11.9. The highest BCUT2D eigenvalue weighted by Crippen LogP contribution is 2.44. The van der Waals surface area contributed by atoms with E-state index in [2.05, 4.69) is 107 Å². The van der Waals surface area contributed by atoms with Crippen LogP contribution in [0.5, 0.6) is 0 Å². The van der Waals surface area contributed by atoms with Crippen LogP contribution >= 0.6 is 0 Å². The number of carbonyl (C=O) groups is 3. The lowest BCUT2D eigenvalue weighted by molar-refractivity contribution is -0.185. The molecule has 430 valence electrons. The van der Waals surface area contributed by atoms with Gasteiger partial charge >= 0.3 is 24.2 Å². The highest BCUT2D eigenvalue weighted by Gasteiger charge is 2.45. The predicted octanol–water partition coefficient (Wildman–Crippen LogP) is 10.4. The number of nitrogens with one attached hydrogen (secondary N) is 3. The van der Waals surface area contributed by atoms with E-state index in [1.165, 1.54) is 23.6 Å². The zero-order valence-corrected chi connectivity index (χ0v) is 45.0. The molecule has 6 aromatic carbocycles. The molecule has 0 heterocycles. The standard InChI is InChI=1S/C34H38F6N4O3.C28H38N4.3H2/c1-26(45)41-20-11-22-43(31(47)34(38,39)40)23-13-25-44(24-12-21-42-30(46)33(35,36)37)32(27-14-5-2-6-15-27,28-16-7-3-8-17-28)29-18-9-4-10-19-29;29-19-10-21-31-22-12-24-32(23-11-20-30)28(25-13-4-1-5-14-25,26-15-6-2-7-16-26)27-17-8-3-9-18-27;;;/h2-10,14-19H,11-13,20-25H2,1H3,(H,41,45)(H,42,46);1-9,13-18,31H,10-12,19-24,29-30H2;3*1H. The van der Waals surface area contributed by atoms with Gasteiger partial charge in [-0.3, -0.25) is 24.2 Å². The first-order valence-electron chi connectivity index (χ1n) is 27.0. The lowest BCUT2D eigenvalue weighted by Crippen LogP contribution is -2.50. The summed E-state index contributed by atoms with van der Waals surface area (Å²) in [6.45, 7) is 6.06. The number of nitrogens with two attached hydrogens (primary N) is 2. The zero-order valence-electron chi connectivity index (χ0n) is 45.0. The lowest BCUT2D eigenvalue weighted by Gasteiger charge is -2.46.